The number of carbonyl (C=O) groups excluding carboxylic acids is 1. The van der Waals surface area contributed by atoms with Crippen LogP contribution in [-0.2, 0) is 29.0 Å². The summed E-state index contributed by atoms with van der Waals surface area (Å²) < 4.78 is 12.7. The molecule has 0 radical (unpaired) electrons. The van der Waals surface area contributed by atoms with Crippen LogP contribution in [0.1, 0.15) is 23.1 Å². The largest absolute Gasteiger partial charge is 0.453 e. The van der Waals surface area contributed by atoms with Crippen molar-refractivity contribution < 1.29 is 14.3 Å². The van der Waals surface area contributed by atoms with Gasteiger partial charge in [0.1, 0.15) is 0 Å². The van der Waals surface area contributed by atoms with E-state index < -0.39 is 11.6 Å². The van der Waals surface area contributed by atoms with Crippen molar-refractivity contribution in [1.29, 1.82) is 0 Å². The SMILES string of the molecule is COC(=O)NC1(Cc2ccccc2Br)CCN(Cc2ccccc2)CC1OCc1ccccc1. The van der Waals surface area contributed by atoms with Crippen LogP contribution in [0.3, 0.4) is 0 Å². The number of likely N-dealkylation sites (tertiary alicyclic amines) is 1. The third kappa shape index (κ3) is 6.26. The zero-order valence-corrected chi connectivity index (χ0v) is 21.0. The Hall–Kier alpha value is -2.67. The average Bonchev–Trinajstić information content (AvgIpc) is 2.87. The van der Waals surface area contributed by atoms with E-state index in [0.717, 1.165) is 35.1 Å². The molecule has 6 heteroatoms. The molecule has 1 amide bonds. The molecule has 0 aromatic heterocycles. The Morgan fingerprint density at radius 1 is 1.00 bits per heavy atom. The number of rotatable bonds is 8. The summed E-state index contributed by atoms with van der Waals surface area (Å²) in [5, 5.41) is 3.19. The van der Waals surface area contributed by atoms with Crippen molar-refractivity contribution in [3.05, 3.63) is 106 Å². The lowest BCUT2D eigenvalue weighted by atomic mass is 9.79. The number of carbonyl (C=O) groups is 1. The fraction of sp³-hybridized carbons (Fsp3) is 0.321. The number of hydrogen-bond donors (Lipinski definition) is 1. The van der Waals surface area contributed by atoms with Crippen LogP contribution >= 0.6 is 15.9 Å². The van der Waals surface area contributed by atoms with Gasteiger partial charge < -0.3 is 14.8 Å². The van der Waals surface area contributed by atoms with Crippen molar-refractivity contribution >= 4 is 22.0 Å². The van der Waals surface area contributed by atoms with Crippen molar-refractivity contribution in [2.75, 3.05) is 20.2 Å². The van der Waals surface area contributed by atoms with Crippen LogP contribution in [0.25, 0.3) is 0 Å². The summed E-state index contributed by atoms with van der Waals surface area (Å²) in [6.45, 7) is 2.87. The molecule has 34 heavy (non-hydrogen) atoms. The number of nitrogens with zero attached hydrogens (tertiary/aromatic N) is 1. The van der Waals surface area contributed by atoms with Gasteiger partial charge >= 0.3 is 6.09 Å². The molecule has 1 aliphatic heterocycles. The normalized spacial score (nSPS) is 20.6. The summed E-state index contributed by atoms with van der Waals surface area (Å²) in [4.78, 5) is 14.9. The van der Waals surface area contributed by atoms with Gasteiger partial charge in [-0.2, -0.15) is 0 Å². The van der Waals surface area contributed by atoms with E-state index in [0.29, 0.717) is 19.6 Å². The highest BCUT2D eigenvalue weighted by Crippen LogP contribution is 2.33. The van der Waals surface area contributed by atoms with Crippen LogP contribution < -0.4 is 5.32 Å². The second-order valence-corrected chi connectivity index (χ2v) is 9.65. The van der Waals surface area contributed by atoms with E-state index in [1.165, 1.54) is 12.7 Å². The molecule has 5 nitrogen and oxygen atoms in total. The second-order valence-electron chi connectivity index (χ2n) is 8.80. The van der Waals surface area contributed by atoms with E-state index in [4.69, 9.17) is 9.47 Å². The van der Waals surface area contributed by atoms with Gasteiger partial charge in [0.05, 0.1) is 25.4 Å². The number of hydrogen-bond acceptors (Lipinski definition) is 4. The van der Waals surface area contributed by atoms with Crippen LogP contribution in [0.15, 0.2) is 89.4 Å². The molecular weight excluding hydrogens is 492 g/mol. The highest BCUT2D eigenvalue weighted by atomic mass is 79.9. The molecule has 0 spiro atoms. The van der Waals surface area contributed by atoms with Gasteiger partial charge in [0.15, 0.2) is 0 Å². The molecule has 1 aliphatic rings. The fourth-order valence-corrected chi connectivity index (χ4v) is 5.04. The van der Waals surface area contributed by atoms with Gasteiger partial charge in [0.2, 0.25) is 0 Å². The van der Waals surface area contributed by atoms with Gasteiger partial charge in [-0.1, -0.05) is 94.8 Å². The number of alkyl carbamates (subject to hydrolysis) is 1. The molecular formula is C28H31BrN2O3. The van der Waals surface area contributed by atoms with Crippen LogP contribution in [0.2, 0.25) is 0 Å². The third-order valence-corrected chi connectivity index (χ3v) is 7.23. The average molecular weight is 523 g/mol. The minimum absolute atomic E-state index is 0.226. The topological polar surface area (TPSA) is 50.8 Å². The van der Waals surface area contributed by atoms with Crippen LogP contribution in [0.5, 0.6) is 0 Å². The van der Waals surface area contributed by atoms with Crippen LogP contribution in [0.4, 0.5) is 4.79 Å². The number of ether oxygens (including phenoxy) is 2. The van der Waals surface area contributed by atoms with Crippen LogP contribution in [0, 0.1) is 0 Å². The Balaban J connectivity index is 1.62. The van der Waals surface area contributed by atoms with Gasteiger partial charge in [0.25, 0.3) is 0 Å². The van der Waals surface area contributed by atoms with Gasteiger partial charge in [-0.3, -0.25) is 4.90 Å². The summed E-state index contributed by atoms with van der Waals surface area (Å²) in [5.41, 5.74) is 2.90. The van der Waals surface area contributed by atoms with Crippen molar-refractivity contribution in [2.24, 2.45) is 0 Å². The zero-order valence-electron chi connectivity index (χ0n) is 19.5. The number of methoxy groups -OCH3 is 1. The summed E-state index contributed by atoms with van der Waals surface area (Å²) in [6.07, 6.45) is 0.728. The zero-order chi connectivity index (χ0) is 23.8. The monoisotopic (exact) mass is 522 g/mol. The maximum absolute atomic E-state index is 12.5. The highest BCUT2D eigenvalue weighted by Gasteiger charge is 2.45. The molecule has 0 saturated carbocycles. The summed E-state index contributed by atoms with van der Waals surface area (Å²) in [7, 11) is 1.41. The lowest BCUT2D eigenvalue weighted by Gasteiger charge is -2.48. The Morgan fingerprint density at radius 2 is 1.65 bits per heavy atom. The van der Waals surface area contributed by atoms with Crippen molar-refractivity contribution in [1.82, 2.24) is 10.2 Å². The van der Waals surface area contributed by atoms with E-state index in [9.17, 15) is 4.79 Å². The molecule has 1 saturated heterocycles. The predicted molar refractivity (Wildman–Crippen MR) is 137 cm³/mol. The van der Waals surface area contributed by atoms with Crippen molar-refractivity contribution in [3.63, 3.8) is 0 Å². The molecule has 0 aliphatic carbocycles. The Labute approximate surface area is 210 Å². The second kappa shape index (κ2) is 11.6. The lowest BCUT2D eigenvalue weighted by molar-refractivity contribution is -0.0721. The van der Waals surface area contributed by atoms with E-state index in [1.807, 2.05) is 42.5 Å². The van der Waals surface area contributed by atoms with Crippen molar-refractivity contribution in [3.8, 4) is 0 Å². The minimum atomic E-state index is -0.598. The number of halogens is 1. The lowest BCUT2D eigenvalue weighted by Crippen LogP contribution is -2.65. The maximum atomic E-state index is 12.5. The van der Waals surface area contributed by atoms with Gasteiger partial charge in [-0.25, -0.2) is 4.79 Å². The molecule has 3 aromatic rings. The van der Waals surface area contributed by atoms with E-state index in [2.05, 4.69) is 68.6 Å². The van der Waals surface area contributed by atoms with Crippen molar-refractivity contribution in [2.45, 2.75) is 37.6 Å². The van der Waals surface area contributed by atoms with E-state index >= 15 is 0 Å². The van der Waals surface area contributed by atoms with Gasteiger partial charge in [0, 0.05) is 24.1 Å². The smallest absolute Gasteiger partial charge is 0.407 e. The molecule has 2 unspecified atom stereocenters. The number of piperidine rings is 1. The highest BCUT2D eigenvalue weighted by molar-refractivity contribution is 9.10. The predicted octanol–water partition coefficient (Wildman–Crippen LogP) is 5.58. The Bertz CT molecular complexity index is 1060. The summed E-state index contributed by atoms with van der Waals surface area (Å²) >= 11 is 3.69. The molecule has 1 fully saturated rings. The first-order chi connectivity index (χ1) is 16.6. The molecule has 178 valence electrons. The van der Waals surface area contributed by atoms with E-state index in [-0.39, 0.29) is 6.10 Å². The number of amides is 1. The van der Waals surface area contributed by atoms with E-state index in [1.54, 1.807) is 0 Å². The first kappa shape index (κ1) is 24.5. The number of benzene rings is 3. The summed E-state index contributed by atoms with van der Waals surface area (Å²) in [6, 6.07) is 28.8. The molecule has 2 atom stereocenters. The molecule has 4 rings (SSSR count). The molecule has 0 bridgehead atoms. The third-order valence-electron chi connectivity index (χ3n) is 6.46. The molecule has 1 heterocycles. The molecule has 3 aromatic carbocycles. The molecule has 1 N–H and O–H groups in total. The van der Waals surface area contributed by atoms with Gasteiger partial charge in [-0.05, 0) is 35.6 Å². The fourth-order valence-electron chi connectivity index (χ4n) is 4.61. The Kier molecular flexibility index (Phi) is 8.38. The maximum Gasteiger partial charge on any atom is 0.407 e. The number of nitrogens with one attached hydrogen (secondary N) is 1. The standard InChI is InChI=1S/C28H31BrN2O3/c1-33-27(32)30-28(18-24-14-8-9-15-25(24)29)16-17-31(19-22-10-4-2-5-11-22)20-26(28)34-21-23-12-6-3-7-13-23/h2-15,26H,16-21H2,1H3,(H,30,32). The quantitative estimate of drug-likeness (QED) is 0.419. The summed E-state index contributed by atoms with van der Waals surface area (Å²) in [5.74, 6) is 0. The first-order valence-corrected chi connectivity index (χ1v) is 12.4. The van der Waals surface area contributed by atoms with Crippen LogP contribution in [-0.4, -0.2) is 42.8 Å². The first-order valence-electron chi connectivity index (χ1n) is 11.6. The Morgan fingerprint density at radius 3 is 2.32 bits per heavy atom. The minimum Gasteiger partial charge on any atom is -0.453 e. The van der Waals surface area contributed by atoms with Gasteiger partial charge in [-0.15, -0.1) is 0 Å².